The first kappa shape index (κ1) is 23.0. The molecule has 0 saturated heterocycles. The summed E-state index contributed by atoms with van der Waals surface area (Å²) in [5.41, 5.74) is 0.991. The third-order valence-electron chi connectivity index (χ3n) is 6.63. The molecule has 0 unspecified atom stereocenters. The minimum Gasteiger partial charge on any atom is -0.269 e. The van der Waals surface area contributed by atoms with Crippen molar-refractivity contribution in [1.82, 2.24) is 13.8 Å². The molecule has 3 rings (SSSR count). The second kappa shape index (κ2) is 9.61. The van der Waals surface area contributed by atoms with E-state index in [1.165, 1.54) is 12.8 Å². The number of nitrogens with one attached hydrogen (secondary N) is 1. The molecule has 0 amide bonds. The fourth-order valence-corrected chi connectivity index (χ4v) is 9.62. The maximum Gasteiger partial charge on any atom is 0.297 e. The van der Waals surface area contributed by atoms with Gasteiger partial charge in [-0.3, -0.25) is 4.57 Å². The third-order valence-corrected chi connectivity index (χ3v) is 11.8. The molecule has 6 nitrogen and oxygen atoms in total. The second-order valence-electron chi connectivity index (χ2n) is 8.68. The average molecular weight is 442 g/mol. The average Bonchev–Trinajstić information content (AvgIpc) is 2.73. The molecule has 8 heteroatoms. The van der Waals surface area contributed by atoms with Crippen LogP contribution in [0.2, 0.25) is 0 Å². The maximum absolute atomic E-state index is 14.4. The largest absolute Gasteiger partial charge is 0.297 e. The molecule has 0 spiro atoms. The van der Waals surface area contributed by atoms with Crippen molar-refractivity contribution in [2.45, 2.75) is 88.1 Å². The van der Waals surface area contributed by atoms with E-state index in [0.717, 1.165) is 56.9 Å². The highest BCUT2D eigenvalue weighted by Gasteiger charge is 2.43. The van der Waals surface area contributed by atoms with Gasteiger partial charge in [-0.1, -0.05) is 56.2 Å². The number of aryl methyl sites for hydroxylation is 1. The molecule has 0 aromatic heterocycles. The Hall–Kier alpha value is -0.720. The molecule has 1 aromatic carbocycles. The fraction of sp³-hybridized carbons (Fsp3) is 0.714. The molecule has 164 valence electrons. The van der Waals surface area contributed by atoms with Gasteiger partial charge in [-0.2, -0.15) is 0 Å². The maximum atomic E-state index is 14.4. The summed E-state index contributed by atoms with van der Waals surface area (Å²) in [6.07, 6.45) is 10.7. The Morgan fingerprint density at radius 2 is 1.24 bits per heavy atom. The van der Waals surface area contributed by atoms with Gasteiger partial charge in [0.2, 0.25) is 10.0 Å². The van der Waals surface area contributed by atoms with Crippen molar-refractivity contribution in [3.63, 3.8) is 0 Å². The van der Waals surface area contributed by atoms with Crippen LogP contribution in [0, 0.1) is 6.92 Å². The first-order valence-corrected chi connectivity index (χ1v) is 14.0. The molecule has 29 heavy (non-hydrogen) atoms. The fourth-order valence-electron chi connectivity index (χ4n) is 4.63. The Kier molecular flexibility index (Phi) is 7.61. The minimum absolute atomic E-state index is 0.140. The number of hydrogen-bond donors (Lipinski definition) is 1. The summed E-state index contributed by atoms with van der Waals surface area (Å²) in [5, 5.41) is 0. The van der Waals surface area contributed by atoms with E-state index in [1.807, 2.05) is 30.4 Å². The van der Waals surface area contributed by atoms with Crippen LogP contribution < -0.4 is 4.49 Å². The van der Waals surface area contributed by atoms with Gasteiger partial charge < -0.3 is 0 Å². The Balaban J connectivity index is 1.92. The Labute approximate surface area is 176 Å². The highest BCUT2D eigenvalue weighted by molar-refractivity contribution is 7.95. The van der Waals surface area contributed by atoms with Crippen molar-refractivity contribution >= 4 is 17.6 Å². The van der Waals surface area contributed by atoms with Crippen LogP contribution in [0.5, 0.6) is 0 Å². The summed E-state index contributed by atoms with van der Waals surface area (Å²) in [6, 6.07) is 7.00. The molecule has 0 atom stereocenters. The van der Waals surface area contributed by atoms with Crippen LogP contribution in [0.25, 0.3) is 0 Å². The monoisotopic (exact) mass is 441 g/mol. The van der Waals surface area contributed by atoms with E-state index in [-0.39, 0.29) is 17.0 Å². The molecule has 2 saturated carbocycles. The SMILES string of the molecule is Cc1ccc(S(=O)(=O)NP(=O)(N(C)C2CCCCC2)N(C)C2CCCCC2)cc1. The topological polar surface area (TPSA) is 69.7 Å². The summed E-state index contributed by atoms with van der Waals surface area (Å²) in [6.45, 7) is 1.92. The summed E-state index contributed by atoms with van der Waals surface area (Å²) >= 11 is 0. The zero-order valence-corrected chi connectivity index (χ0v) is 19.7. The predicted molar refractivity (Wildman–Crippen MR) is 118 cm³/mol. The number of benzene rings is 1. The van der Waals surface area contributed by atoms with Crippen LogP contribution in [0.1, 0.15) is 69.8 Å². The van der Waals surface area contributed by atoms with Gasteiger partial charge in [0.05, 0.1) is 4.90 Å². The minimum atomic E-state index is -3.90. The molecule has 1 aromatic rings. The molecule has 1 N–H and O–H groups in total. The lowest BCUT2D eigenvalue weighted by Gasteiger charge is -2.44. The Morgan fingerprint density at radius 1 is 0.828 bits per heavy atom. The van der Waals surface area contributed by atoms with E-state index in [0.29, 0.717) is 0 Å². The van der Waals surface area contributed by atoms with Crippen LogP contribution in [0.4, 0.5) is 0 Å². The normalized spacial score (nSPS) is 20.4. The van der Waals surface area contributed by atoms with E-state index in [2.05, 4.69) is 4.49 Å². The first-order chi connectivity index (χ1) is 13.7. The first-order valence-electron chi connectivity index (χ1n) is 10.9. The van der Waals surface area contributed by atoms with Crippen LogP contribution in [-0.2, 0) is 14.6 Å². The van der Waals surface area contributed by atoms with Crippen molar-refractivity contribution in [3.05, 3.63) is 29.8 Å². The van der Waals surface area contributed by atoms with Gasteiger partial charge in [-0.15, -0.1) is 4.49 Å². The van der Waals surface area contributed by atoms with E-state index in [1.54, 1.807) is 24.3 Å². The van der Waals surface area contributed by atoms with Gasteiger partial charge in [0.1, 0.15) is 0 Å². The quantitative estimate of drug-likeness (QED) is 0.609. The molecule has 2 aliphatic rings. The van der Waals surface area contributed by atoms with Gasteiger partial charge in [0, 0.05) is 12.1 Å². The van der Waals surface area contributed by atoms with E-state index in [9.17, 15) is 13.0 Å². The van der Waals surface area contributed by atoms with Crippen molar-refractivity contribution in [3.8, 4) is 0 Å². The summed E-state index contributed by atoms with van der Waals surface area (Å²) < 4.78 is 47.2. The van der Waals surface area contributed by atoms with E-state index < -0.39 is 17.6 Å². The van der Waals surface area contributed by atoms with Gasteiger partial charge >= 0.3 is 0 Å². The summed E-state index contributed by atoms with van der Waals surface area (Å²) in [7, 11) is -3.73. The highest BCUT2D eigenvalue weighted by Crippen LogP contribution is 2.54. The van der Waals surface area contributed by atoms with Crippen molar-refractivity contribution < 1.29 is 13.0 Å². The number of nitrogens with zero attached hydrogens (tertiary/aromatic N) is 2. The molecule has 2 aliphatic carbocycles. The zero-order chi connectivity index (χ0) is 21.1. The molecule has 0 heterocycles. The van der Waals surface area contributed by atoms with Crippen molar-refractivity contribution in [2.75, 3.05) is 14.1 Å². The standard InChI is InChI=1S/C21H36N3O3PS/c1-18-14-16-21(17-15-18)29(26,27)22-28(25,23(2)19-10-6-4-7-11-19)24(3)20-12-8-5-9-13-20/h14-17,19-20H,4-13H2,1-3H3,(H,22,25). The summed E-state index contributed by atoms with van der Waals surface area (Å²) in [4.78, 5) is 0.164. The molecule has 0 aliphatic heterocycles. The summed E-state index contributed by atoms with van der Waals surface area (Å²) in [5.74, 6) is 0. The van der Waals surface area contributed by atoms with E-state index in [4.69, 9.17) is 0 Å². The number of hydrogen-bond acceptors (Lipinski definition) is 3. The Morgan fingerprint density at radius 3 is 1.66 bits per heavy atom. The van der Waals surface area contributed by atoms with E-state index >= 15 is 0 Å². The molecule has 0 bridgehead atoms. The van der Waals surface area contributed by atoms with Crippen LogP contribution >= 0.6 is 7.59 Å². The Bertz CT molecular complexity index is 788. The van der Waals surface area contributed by atoms with Crippen molar-refractivity contribution in [1.29, 1.82) is 0 Å². The van der Waals surface area contributed by atoms with Gasteiger partial charge in [-0.25, -0.2) is 17.8 Å². The molecule has 2 fully saturated rings. The molecular formula is C21H36N3O3PS. The van der Waals surface area contributed by atoms with Crippen LogP contribution in [0.3, 0.4) is 0 Å². The molecular weight excluding hydrogens is 405 g/mol. The van der Waals surface area contributed by atoms with Crippen LogP contribution in [-0.4, -0.2) is 43.9 Å². The smallest absolute Gasteiger partial charge is 0.269 e. The predicted octanol–water partition coefficient (Wildman–Crippen LogP) is 4.91. The van der Waals surface area contributed by atoms with Gasteiger partial charge in [0.15, 0.2) is 0 Å². The lowest BCUT2D eigenvalue weighted by Crippen LogP contribution is -2.46. The lowest BCUT2D eigenvalue weighted by molar-refractivity contribution is 0.229. The highest BCUT2D eigenvalue weighted by atomic mass is 32.2. The van der Waals surface area contributed by atoms with Gasteiger partial charge in [0.25, 0.3) is 7.59 Å². The second-order valence-corrected chi connectivity index (χ2v) is 13.2. The number of rotatable bonds is 7. The zero-order valence-electron chi connectivity index (χ0n) is 18.0. The van der Waals surface area contributed by atoms with Crippen molar-refractivity contribution in [2.24, 2.45) is 0 Å². The lowest BCUT2D eigenvalue weighted by atomic mass is 9.96. The van der Waals surface area contributed by atoms with Gasteiger partial charge in [-0.05, 0) is 58.8 Å². The number of sulfonamides is 1. The third kappa shape index (κ3) is 5.31. The van der Waals surface area contributed by atoms with Crippen LogP contribution in [0.15, 0.2) is 29.2 Å². The molecule has 0 radical (unpaired) electrons.